The highest BCUT2D eigenvalue weighted by atomic mass is 35.5. The lowest BCUT2D eigenvalue weighted by atomic mass is 9.81. The van der Waals surface area contributed by atoms with Crippen LogP contribution in [0.1, 0.15) is 36.1 Å². The van der Waals surface area contributed by atoms with Gasteiger partial charge in [-0.15, -0.1) is 12.4 Å². The van der Waals surface area contributed by atoms with E-state index in [-0.39, 0.29) is 30.2 Å². The topological polar surface area (TPSA) is 48.9 Å². The van der Waals surface area contributed by atoms with Gasteiger partial charge in [-0.3, -0.25) is 9.69 Å². The Hall–Kier alpha value is -3.42. The second kappa shape index (κ2) is 13.0. The zero-order valence-electron chi connectivity index (χ0n) is 25.6. The van der Waals surface area contributed by atoms with Crippen LogP contribution in [0.5, 0.6) is 0 Å². The molecule has 1 amide bonds. The highest BCUT2D eigenvalue weighted by Gasteiger charge is 2.41. The molecular formula is C32H34ClF7N4O2. The second-order valence-electron chi connectivity index (χ2n) is 12.0. The van der Waals surface area contributed by atoms with E-state index in [1.54, 1.807) is 19.1 Å². The lowest BCUT2D eigenvalue weighted by Crippen LogP contribution is -2.58. The molecule has 0 saturated carbocycles. The van der Waals surface area contributed by atoms with Gasteiger partial charge in [-0.1, -0.05) is 6.07 Å². The molecule has 46 heavy (non-hydrogen) atoms. The third-order valence-electron chi connectivity index (χ3n) is 8.62. The van der Waals surface area contributed by atoms with Crippen molar-refractivity contribution in [2.45, 2.75) is 44.6 Å². The van der Waals surface area contributed by atoms with Crippen molar-refractivity contribution in [1.29, 1.82) is 0 Å². The summed E-state index contributed by atoms with van der Waals surface area (Å²) in [5, 5.41) is 0. The molecule has 5 rings (SSSR count). The maximum atomic E-state index is 14.1. The van der Waals surface area contributed by atoms with Crippen molar-refractivity contribution in [3.05, 3.63) is 76.7 Å². The summed E-state index contributed by atoms with van der Waals surface area (Å²) in [5.74, 6) is -0.620. The molecule has 3 heterocycles. The third-order valence-corrected chi connectivity index (χ3v) is 8.62. The number of likely N-dealkylation sites (N-methyl/N-ethyl adjacent to an activating group) is 1. The molecule has 1 atom stereocenters. The van der Waals surface area contributed by atoms with Crippen LogP contribution in [0.3, 0.4) is 0 Å². The Morgan fingerprint density at radius 3 is 2.15 bits per heavy atom. The number of pyridine rings is 1. The number of carbonyl (C=O) groups excluding carboxylic acids is 1. The number of carbonyl (C=O) groups is 1. The van der Waals surface area contributed by atoms with Gasteiger partial charge in [0.2, 0.25) is 5.91 Å². The molecule has 0 bridgehead atoms. The van der Waals surface area contributed by atoms with Crippen LogP contribution in [-0.2, 0) is 27.3 Å². The summed E-state index contributed by atoms with van der Waals surface area (Å²) in [4.78, 5) is 24.2. The fourth-order valence-electron chi connectivity index (χ4n) is 5.94. The first-order valence-corrected chi connectivity index (χ1v) is 14.4. The Labute approximate surface area is 268 Å². The molecule has 2 aliphatic heterocycles. The molecule has 2 fully saturated rings. The fourth-order valence-corrected chi connectivity index (χ4v) is 5.94. The zero-order chi connectivity index (χ0) is 32.9. The minimum absolute atomic E-state index is 0. The van der Waals surface area contributed by atoms with Gasteiger partial charge in [0, 0.05) is 38.8 Å². The molecule has 14 heteroatoms. The number of ether oxygens (including phenoxy) is 1. The lowest BCUT2D eigenvalue weighted by Gasteiger charge is -2.44. The van der Waals surface area contributed by atoms with E-state index in [0.29, 0.717) is 60.9 Å². The average Bonchev–Trinajstić information content (AvgIpc) is 2.98. The number of aryl methyl sites for hydroxylation is 1. The largest absolute Gasteiger partial charge is 0.416 e. The number of anilines is 2. The Kier molecular flexibility index (Phi) is 10.0. The second-order valence-corrected chi connectivity index (χ2v) is 12.0. The number of hydrogen-bond donors (Lipinski definition) is 0. The van der Waals surface area contributed by atoms with E-state index in [4.69, 9.17) is 4.74 Å². The standard InChI is InChI=1S/C32H33F7N4O2.ClH/c1-19-11-23(33)5-6-25(19)26-15-28(43-8-7-42-9-10-45-18-24(42)17-43)40-16-27(26)41(4)29(44)30(2,3)20-12-21(31(34,35)36)14-22(13-20)32(37,38)39;/h5-6,11-16,24H,7-10,17-18H2,1-4H3;1H/t24-;/m1./s1. The van der Waals surface area contributed by atoms with Crippen LogP contribution in [0.15, 0.2) is 48.7 Å². The van der Waals surface area contributed by atoms with Crippen molar-refractivity contribution in [2.24, 2.45) is 0 Å². The summed E-state index contributed by atoms with van der Waals surface area (Å²) >= 11 is 0. The molecule has 3 aromatic rings. The minimum atomic E-state index is -5.07. The van der Waals surface area contributed by atoms with Crippen molar-refractivity contribution < 1.29 is 40.3 Å². The van der Waals surface area contributed by atoms with Gasteiger partial charge in [-0.05, 0) is 73.9 Å². The maximum Gasteiger partial charge on any atom is 0.416 e. The number of hydrogen-bond acceptors (Lipinski definition) is 5. The molecule has 0 radical (unpaired) electrons. The first-order chi connectivity index (χ1) is 21.0. The number of rotatable bonds is 5. The van der Waals surface area contributed by atoms with Gasteiger partial charge in [0.1, 0.15) is 11.6 Å². The van der Waals surface area contributed by atoms with Crippen molar-refractivity contribution in [2.75, 3.05) is 56.2 Å². The van der Waals surface area contributed by atoms with Crippen molar-refractivity contribution in [3.8, 4) is 11.1 Å². The van der Waals surface area contributed by atoms with E-state index in [0.717, 1.165) is 13.1 Å². The average molecular weight is 675 g/mol. The summed E-state index contributed by atoms with van der Waals surface area (Å²) in [5.41, 5.74) is -3.36. The number of nitrogens with zero attached hydrogens (tertiary/aromatic N) is 4. The molecule has 6 nitrogen and oxygen atoms in total. The van der Waals surface area contributed by atoms with E-state index in [9.17, 15) is 35.5 Å². The number of alkyl halides is 6. The van der Waals surface area contributed by atoms with Gasteiger partial charge in [0.15, 0.2) is 0 Å². The molecule has 0 aliphatic carbocycles. The van der Waals surface area contributed by atoms with E-state index >= 15 is 0 Å². The molecule has 2 aliphatic rings. The first kappa shape index (κ1) is 35.4. The Morgan fingerprint density at radius 1 is 0.913 bits per heavy atom. The number of fused-ring (bicyclic) bond motifs is 1. The van der Waals surface area contributed by atoms with Crippen LogP contribution < -0.4 is 9.80 Å². The minimum Gasteiger partial charge on any atom is -0.378 e. The van der Waals surface area contributed by atoms with E-state index in [2.05, 4.69) is 14.8 Å². The molecular weight excluding hydrogens is 641 g/mol. The van der Waals surface area contributed by atoms with Crippen LogP contribution in [0.2, 0.25) is 0 Å². The van der Waals surface area contributed by atoms with Crippen molar-refractivity contribution in [1.82, 2.24) is 9.88 Å². The number of benzene rings is 2. The van der Waals surface area contributed by atoms with Crippen LogP contribution in [0, 0.1) is 12.7 Å². The highest BCUT2D eigenvalue weighted by molar-refractivity contribution is 6.03. The van der Waals surface area contributed by atoms with Gasteiger partial charge in [-0.2, -0.15) is 26.3 Å². The molecule has 2 saturated heterocycles. The number of halogens is 8. The first-order valence-electron chi connectivity index (χ1n) is 14.4. The summed E-state index contributed by atoms with van der Waals surface area (Å²) in [6.45, 7) is 8.47. The number of morpholine rings is 1. The summed E-state index contributed by atoms with van der Waals surface area (Å²) in [7, 11) is 1.39. The predicted molar refractivity (Wildman–Crippen MR) is 163 cm³/mol. The van der Waals surface area contributed by atoms with Crippen LogP contribution in [-0.4, -0.2) is 68.3 Å². The van der Waals surface area contributed by atoms with E-state index < -0.39 is 46.2 Å². The van der Waals surface area contributed by atoms with Crippen LogP contribution >= 0.6 is 12.4 Å². The van der Waals surface area contributed by atoms with Gasteiger partial charge in [0.05, 0.1) is 47.7 Å². The van der Waals surface area contributed by atoms with Gasteiger partial charge >= 0.3 is 12.4 Å². The van der Waals surface area contributed by atoms with Crippen LogP contribution in [0.25, 0.3) is 11.1 Å². The van der Waals surface area contributed by atoms with Gasteiger partial charge in [-0.25, -0.2) is 9.37 Å². The smallest absolute Gasteiger partial charge is 0.378 e. The monoisotopic (exact) mass is 674 g/mol. The zero-order valence-corrected chi connectivity index (χ0v) is 26.4. The summed E-state index contributed by atoms with van der Waals surface area (Å²) < 4.78 is 102. The third kappa shape index (κ3) is 7.11. The van der Waals surface area contributed by atoms with E-state index in [1.807, 2.05) is 0 Å². The predicted octanol–water partition coefficient (Wildman–Crippen LogP) is 7.12. The number of aromatic nitrogens is 1. The Balaban J connectivity index is 0.00000480. The van der Waals surface area contributed by atoms with Gasteiger partial charge < -0.3 is 14.5 Å². The normalized spacial score (nSPS) is 17.7. The maximum absolute atomic E-state index is 14.1. The Morgan fingerprint density at radius 2 is 1.54 bits per heavy atom. The number of amides is 1. The Bertz CT molecular complexity index is 1560. The highest BCUT2D eigenvalue weighted by Crippen LogP contribution is 2.41. The molecule has 0 N–H and O–H groups in total. The molecule has 0 unspecified atom stereocenters. The van der Waals surface area contributed by atoms with Gasteiger partial charge in [0.25, 0.3) is 0 Å². The molecule has 2 aromatic carbocycles. The SMILES string of the molecule is Cc1cc(F)ccc1-c1cc(N2CCN3CCOC[C@H]3C2)ncc1N(C)C(=O)C(C)(C)c1cc(C(F)(F)F)cc(C(F)(F)F)c1.Cl. The lowest BCUT2D eigenvalue weighted by molar-refractivity contribution is -0.143. The summed E-state index contributed by atoms with van der Waals surface area (Å²) in [6, 6.07) is 7.30. The number of piperazine rings is 1. The molecule has 250 valence electrons. The van der Waals surface area contributed by atoms with E-state index in [1.165, 1.54) is 44.1 Å². The van der Waals surface area contributed by atoms with Crippen LogP contribution in [0.4, 0.5) is 42.2 Å². The quantitative estimate of drug-likeness (QED) is 0.270. The summed E-state index contributed by atoms with van der Waals surface area (Å²) in [6.07, 6.45) is -8.68. The fraction of sp³-hybridized carbons (Fsp3) is 0.438. The van der Waals surface area contributed by atoms with Crippen molar-refractivity contribution >= 4 is 29.8 Å². The molecule has 0 spiro atoms. The molecule has 1 aromatic heterocycles. The van der Waals surface area contributed by atoms with Crippen molar-refractivity contribution in [3.63, 3.8) is 0 Å².